The van der Waals surface area contributed by atoms with Crippen LogP contribution in [0.2, 0.25) is 0 Å². The molecule has 118 valence electrons. The van der Waals surface area contributed by atoms with Crippen LogP contribution in [0.3, 0.4) is 0 Å². The number of hydrogen-bond donors (Lipinski definition) is 1. The first-order valence-electron chi connectivity index (χ1n) is 7.12. The summed E-state index contributed by atoms with van der Waals surface area (Å²) >= 11 is 0. The molecule has 0 aromatic heterocycles. The van der Waals surface area contributed by atoms with E-state index in [9.17, 15) is 13.2 Å². The van der Waals surface area contributed by atoms with E-state index >= 15 is 0 Å². The van der Waals surface area contributed by atoms with Gasteiger partial charge in [-0.25, -0.2) is 0 Å². The Morgan fingerprint density at radius 1 is 1.05 bits per heavy atom. The molecule has 0 unspecified atom stereocenters. The second kappa shape index (κ2) is 7.20. The van der Waals surface area contributed by atoms with Gasteiger partial charge in [-0.1, -0.05) is 25.1 Å². The number of benzene rings is 2. The Hall–Kier alpha value is -2.17. The third-order valence-corrected chi connectivity index (χ3v) is 3.08. The number of ether oxygens (including phenoxy) is 1. The number of alkyl halides is 3. The average molecular weight is 309 g/mol. The van der Waals surface area contributed by atoms with Crippen LogP contribution in [-0.2, 0) is 12.7 Å². The molecule has 2 aromatic carbocycles. The quantitative estimate of drug-likeness (QED) is 0.801. The van der Waals surface area contributed by atoms with Crippen molar-refractivity contribution in [3.05, 3.63) is 59.7 Å². The summed E-state index contributed by atoms with van der Waals surface area (Å²) < 4.78 is 43.4. The van der Waals surface area contributed by atoms with E-state index in [0.29, 0.717) is 18.8 Å². The fourth-order valence-electron chi connectivity index (χ4n) is 1.93. The molecule has 0 saturated heterocycles. The van der Waals surface area contributed by atoms with E-state index in [4.69, 9.17) is 4.74 Å². The van der Waals surface area contributed by atoms with Gasteiger partial charge in [-0.3, -0.25) is 0 Å². The SMILES string of the molecule is CCCOc1ccc(CNc2cccc(C(F)(F)F)c2)cc1. The van der Waals surface area contributed by atoms with Crippen LogP contribution in [0.4, 0.5) is 18.9 Å². The predicted molar refractivity (Wildman–Crippen MR) is 81.0 cm³/mol. The molecule has 0 radical (unpaired) electrons. The molecule has 1 N–H and O–H groups in total. The normalized spacial score (nSPS) is 11.3. The summed E-state index contributed by atoms with van der Waals surface area (Å²) in [4.78, 5) is 0. The molecule has 2 aromatic rings. The van der Waals surface area contributed by atoms with Crippen molar-refractivity contribution in [3.8, 4) is 5.75 Å². The van der Waals surface area contributed by atoms with E-state index in [0.717, 1.165) is 29.9 Å². The second-order valence-electron chi connectivity index (χ2n) is 4.92. The van der Waals surface area contributed by atoms with E-state index in [-0.39, 0.29) is 0 Å². The van der Waals surface area contributed by atoms with Gasteiger partial charge < -0.3 is 10.1 Å². The summed E-state index contributed by atoms with van der Waals surface area (Å²) in [5.41, 5.74) is 0.767. The third-order valence-electron chi connectivity index (χ3n) is 3.08. The number of nitrogens with one attached hydrogen (secondary N) is 1. The van der Waals surface area contributed by atoms with E-state index in [1.165, 1.54) is 6.07 Å². The van der Waals surface area contributed by atoms with E-state index in [1.54, 1.807) is 6.07 Å². The molecular formula is C17H18F3NO. The summed E-state index contributed by atoms with van der Waals surface area (Å²) in [7, 11) is 0. The molecule has 22 heavy (non-hydrogen) atoms. The van der Waals surface area contributed by atoms with E-state index in [2.05, 4.69) is 5.32 Å². The van der Waals surface area contributed by atoms with Crippen LogP contribution >= 0.6 is 0 Å². The molecule has 0 fully saturated rings. The molecule has 0 aliphatic rings. The maximum atomic E-state index is 12.6. The number of anilines is 1. The van der Waals surface area contributed by atoms with Crippen LogP contribution in [0.25, 0.3) is 0 Å². The highest BCUT2D eigenvalue weighted by molar-refractivity contribution is 5.47. The highest BCUT2D eigenvalue weighted by Gasteiger charge is 2.30. The Kier molecular flexibility index (Phi) is 5.31. The number of rotatable bonds is 6. The minimum Gasteiger partial charge on any atom is -0.494 e. The Bertz CT molecular complexity index is 594. The Morgan fingerprint density at radius 2 is 1.77 bits per heavy atom. The van der Waals surface area contributed by atoms with Crippen molar-refractivity contribution < 1.29 is 17.9 Å². The highest BCUT2D eigenvalue weighted by Crippen LogP contribution is 2.30. The van der Waals surface area contributed by atoms with Crippen molar-refractivity contribution in [1.82, 2.24) is 0 Å². The molecule has 0 heterocycles. The van der Waals surface area contributed by atoms with Gasteiger partial charge in [-0.15, -0.1) is 0 Å². The highest BCUT2D eigenvalue weighted by atomic mass is 19.4. The molecule has 0 atom stereocenters. The molecule has 0 aliphatic heterocycles. The van der Waals surface area contributed by atoms with Gasteiger partial charge in [0.15, 0.2) is 0 Å². The third kappa shape index (κ3) is 4.69. The predicted octanol–water partition coefficient (Wildman–Crippen LogP) is 5.11. The van der Waals surface area contributed by atoms with Crippen LogP contribution < -0.4 is 10.1 Å². The number of hydrogen-bond acceptors (Lipinski definition) is 2. The van der Waals surface area contributed by atoms with E-state index in [1.807, 2.05) is 31.2 Å². The molecule has 0 saturated carbocycles. The van der Waals surface area contributed by atoms with Gasteiger partial charge >= 0.3 is 6.18 Å². The molecule has 5 heteroatoms. The van der Waals surface area contributed by atoms with Crippen LogP contribution in [0, 0.1) is 0 Å². The zero-order valence-electron chi connectivity index (χ0n) is 12.3. The lowest BCUT2D eigenvalue weighted by atomic mass is 10.1. The molecule has 0 spiro atoms. The standard InChI is InChI=1S/C17H18F3NO/c1-2-10-22-16-8-6-13(7-9-16)12-21-15-5-3-4-14(11-15)17(18,19)20/h3-9,11,21H,2,10,12H2,1H3. The van der Waals surface area contributed by atoms with Crippen molar-refractivity contribution in [2.45, 2.75) is 26.1 Å². The lowest BCUT2D eigenvalue weighted by molar-refractivity contribution is -0.137. The summed E-state index contributed by atoms with van der Waals surface area (Å²) in [6, 6.07) is 12.7. The van der Waals surface area contributed by atoms with Crippen molar-refractivity contribution >= 4 is 5.69 Å². The van der Waals surface area contributed by atoms with Gasteiger partial charge in [-0.2, -0.15) is 13.2 Å². The number of halogens is 3. The van der Waals surface area contributed by atoms with Crippen LogP contribution in [0.15, 0.2) is 48.5 Å². The van der Waals surface area contributed by atoms with Crippen LogP contribution in [0.5, 0.6) is 5.75 Å². The Balaban J connectivity index is 1.95. The monoisotopic (exact) mass is 309 g/mol. The fourth-order valence-corrected chi connectivity index (χ4v) is 1.93. The molecular weight excluding hydrogens is 291 g/mol. The molecule has 2 nitrogen and oxygen atoms in total. The molecule has 0 aliphatic carbocycles. The minimum atomic E-state index is -4.32. The van der Waals surface area contributed by atoms with Gasteiger partial charge in [0, 0.05) is 12.2 Å². The van der Waals surface area contributed by atoms with Gasteiger partial charge in [0.25, 0.3) is 0 Å². The van der Waals surface area contributed by atoms with Gasteiger partial charge in [0.2, 0.25) is 0 Å². The average Bonchev–Trinajstić information content (AvgIpc) is 2.51. The lowest BCUT2D eigenvalue weighted by Crippen LogP contribution is -2.06. The minimum absolute atomic E-state index is 0.445. The smallest absolute Gasteiger partial charge is 0.416 e. The topological polar surface area (TPSA) is 21.3 Å². The molecule has 0 bridgehead atoms. The lowest BCUT2D eigenvalue weighted by Gasteiger charge is -2.11. The fraction of sp³-hybridized carbons (Fsp3) is 0.294. The van der Waals surface area contributed by atoms with Crippen molar-refractivity contribution in [1.29, 1.82) is 0 Å². The van der Waals surface area contributed by atoms with Crippen LogP contribution in [-0.4, -0.2) is 6.61 Å². The Morgan fingerprint density at radius 3 is 2.41 bits per heavy atom. The second-order valence-corrected chi connectivity index (χ2v) is 4.92. The summed E-state index contributed by atoms with van der Waals surface area (Å²) in [5.74, 6) is 0.796. The largest absolute Gasteiger partial charge is 0.494 e. The van der Waals surface area contributed by atoms with Gasteiger partial charge in [-0.05, 0) is 42.3 Å². The summed E-state index contributed by atoms with van der Waals surface area (Å²) in [6.07, 6.45) is -3.38. The van der Waals surface area contributed by atoms with Gasteiger partial charge in [0.1, 0.15) is 5.75 Å². The summed E-state index contributed by atoms with van der Waals surface area (Å²) in [5, 5.41) is 3.00. The maximum Gasteiger partial charge on any atom is 0.416 e. The van der Waals surface area contributed by atoms with Gasteiger partial charge in [0.05, 0.1) is 12.2 Å². The molecule has 2 rings (SSSR count). The van der Waals surface area contributed by atoms with Crippen molar-refractivity contribution in [2.75, 3.05) is 11.9 Å². The van der Waals surface area contributed by atoms with E-state index < -0.39 is 11.7 Å². The Labute approximate surface area is 127 Å². The van der Waals surface area contributed by atoms with Crippen LogP contribution in [0.1, 0.15) is 24.5 Å². The molecule has 0 amide bonds. The zero-order valence-corrected chi connectivity index (χ0v) is 12.3. The van der Waals surface area contributed by atoms with Crippen molar-refractivity contribution in [3.63, 3.8) is 0 Å². The first-order valence-corrected chi connectivity index (χ1v) is 7.12. The maximum absolute atomic E-state index is 12.6. The summed E-state index contributed by atoms with van der Waals surface area (Å²) in [6.45, 7) is 3.16. The van der Waals surface area contributed by atoms with Crippen molar-refractivity contribution in [2.24, 2.45) is 0 Å². The first-order chi connectivity index (χ1) is 10.5. The zero-order chi connectivity index (χ0) is 16.0. The first kappa shape index (κ1) is 16.2.